The van der Waals surface area contributed by atoms with Gasteiger partial charge in [0.1, 0.15) is 12.1 Å². The number of carbonyl (C=O) groups excluding carboxylic acids is 1. The predicted octanol–water partition coefficient (Wildman–Crippen LogP) is 12.5. The molecule has 49 heavy (non-hydrogen) atoms. The van der Waals surface area contributed by atoms with E-state index in [1.54, 1.807) is 17.7 Å². The van der Waals surface area contributed by atoms with Gasteiger partial charge in [0.2, 0.25) is 0 Å². The second kappa shape index (κ2) is 16.1. The van der Waals surface area contributed by atoms with Crippen molar-refractivity contribution in [2.75, 3.05) is 0 Å². The van der Waals surface area contributed by atoms with Crippen LogP contribution in [0.25, 0.3) is 53.1 Å². The van der Waals surface area contributed by atoms with Crippen LogP contribution in [-0.4, -0.2) is 20.9 Å². The fraction of sp³-hybridized carbons (Fsp3) is 0.372. The monoisotopic (exact) mass is 850 g/mol. The van der Waals surface area contributed by atoms with Crippen molar-refractivity contribution in [3.8, 4) is 11.3 Å². The number of thiophene rings is 1. The second-order valence-electron chi connectivity index (χ2n) is 13.9. The molecule has 2 heterocycles. The van der Waals surface area contributed by atoms with E-state index in [1.807, 2.05) is 41.5 Å². The molecule has 0 spiro atoms. The van der Waals surface area contributed by atoms with Crippen LogP contribution in [-0.2, 0) is 31.3 Å². The standard InChI is InChI=1S/C28H21N2S.C15H28O2.Ir/c1-17(2)13-20-15-21(14-19-8-4-5-9-22(19)20)25-28-26(30-16-29-25)24-12-11-18-7-3-6-10-23(18)27(24)31-28;1-7-14(5,8-2)12(16)11-13(17)15(6,9-3)10-4;/h3-12,15-17H,13H2,1-2H3;11,16H,7-10H2,1-6H3;/q-1;;/b;12-11-;. The van der Waals surface area contributed by atoms with Crippen LogP contribution in [0.1, 0.15) is 86.6 Å². The van der Waals surface area contributed by atoms with Crippen molar-refractivity contribution in [2.24, 2.45) is 16.7 Å². The molecule has 6 rings (SSSR count). The van der Waals surface area contributed by atoms with Crippen molar-refractivity contribution in [1.82, 2.24) is 9.97 Å². The average molecular weight is 850 g/mol. The van der Waals surface area contributed by atoms with Crippen molar-refractivity contribution < 1.29 is 30.0 Å². The first-order valence-electron chi connectivity index (χ1n) is 17.4. The molecule has 0 fully saturated rings. The Bertz CT molecular complexity index is 2100. The molecule has 0 aliphatic rings. The van der Waals surface area contributed by atoms with E-state index < -0.39 is 0 Å². The molecule has 0 unspecified atom stereocenters. The molecule has 1 N–H and O–H groups in total. The number of hydrogen-bond donors (Lipinski definition) is 1. The Labute approximate surface area is 309 Å². The molecule has 6 heteroatoms. The largest absolute Gasteiger partial charge is 0.512 e. The number of aliphatic hydroxyl groups excluding tert-OH is 1. The molecule has 0 aliphatic carbocycles. The quantitative estimate of drug-likeness (QED) is 0.0847. The van der Waals surface area contributed by atoms with Crippen LogP contribution in [0.2, 0.25) is 0 Å². The molecule has 259 valence electrons. The first-order valence-corrected chi connectivity index (χ1v) is 18.2. The van der Waals surface area contributed by atoms with Gasteiger partial charge in [0, 0.05) is 57.5 Å². The Hall–Kier alpha value is -3.44. The third-order valence-electron chi connectivity index (χ3n) is 10.5. The van der Waals surface area contributed by atoms with Gasteiger partial charge in [-0.1, -0.05) is 121 Å². The number of aliphatic hydroxyl groups is 1. The van der Waals surface area contributed by atoms with Gasteiger partial charge in [0.05, 0.1) is 5.52 Å². The summed E-state index contributed by atoms with van der Waals surface area (Å²) in [7, 11) is 0. The van der Waals surface area contributed by atoms with E-state index in [1.165, 1.54) is 37.9 Å². The predicted molar refractivity (Wildman–Crippen MR) is 206 cm³/mol. The molecule has 0 saturated carbocycles. The number of hydrogen-bond acceptors (Lipinski definition) is 5. The summed E-state index contributed by atoms with van der Waals surface area (Å²) in [6.07, 6.45) is 7.49. The first kappa shape index (κ1) is 38.4. The maximum absolute atomic E-state index is 12.2. The Morgan fingerprint density at radius 1 is 0.837 bits per heavy atom. The van der Waals surface area contributed by atoms with Crippen molar-refractivity contribution >= 4 is 59.0 Å². The Balaban J connectivity index is 0.000000260. The van der Waals surface area contributed by atoms with Gasteiger partial charge in [0.15, 0.2) is 5.78 Å². The number of aromatic nitrogens is 2. The van der Waals surface area contributed by atoms with E-state index in [4.69, 9.17) is 4.98 Å². The molecule has 0 bridgehead atoms. The minimum absolute atomic E-state index is 0. The van der Waals surface area contributed by atoms with Gasteiger partial charge in [-0.25, -0.2) is 4.98 Å². The molecule has 0 saturated heterocycles. The summed E-state index contributed by atoms with van der Waals surface area (Å²) in [5.74, 6) is 0.869. The van der Waals surface area contributed by atoms with E-state index in [0.717, 1.165) is 59.0 Å². The molecule has 2 aromatic heterocycles. The summed E-state index contributed by atoms with van der Waals surface area (Å²) >= 11 is 1.79. The van der Waals surface area contributed by atoms with Gasteiger partial charge >= 0.3 is 0 Å². The maximum Gasteiger partial charge on any atom is 0.164 e. The number of benzene rings is 4. The molecule has 0 atom stereocenters. The van der Waals surface area contributed by atoms with Crippen molar-refractivity contribution in [3.05, 3.63) is 96.5 Å². The molecule has 6 aromatic rings. The number of carbonyl (C=O) groups is 1. The van der Waals surface area contributed by atoms with Crippen LogP contribution in [0.4, 0.5) is 0 Å². The van der Waals surface area contributed by atoms with E-state index in [-0.39, 0.29) is 42.5 Å². The van der Waals surface area contributed by atoms with Gasteiger partial charge in [0.25, 0.3) is 0 Å². The Kier molecular flexibility index (Phi) is 12.6. The minimum Gasteiger partial charge on any atom is -0.512 e. The molecule has 1 radical (unpaired) electrons. The molecule has 0 amide bonds. The fourth-order valence-electron chi connectivity index (χ4n) is 6.22. The van der Waals surface area contributed by atoms with Gasteiger partial charge in [-0.3, -0.25) is 9.78 Å². The van der Waals surface area contributed by atoms with Crippen molar-refractivity contribution in [3.63, 3.8) is 0 Å². The molecular weight excluding hydrogens is 801 g/mol. The average Bonchev–Trinajstić information content (AvgIpc) is 3.50. The third kappa shape index (κ3) is 7.83. The van der Waals surface area contributed by atoms with E-state index in [0.29, 0.717) is 5.92 Å². The topological polar surface area (TPSA) is 63.1 Å². The number of fused-ring (bicyclic) bond motifs is 6. The van der Waals surface area contributed by atoms with Crippen LogP contribution in [0, 0.1) is 22.8 Å². The summed E-state index contributed by atoms with van der Waals surface area (Å²) in [4.78, 5) is 21.6. The molecular formula is C43H49IrN2O2S-. The van der Waals surface area contributed by atoms with Crippen LogP contribution < -0.4 is 0 Å². The minimum atomic E-state index is -0.337. The first-order chi connectivity index (χ1) is 23.0. The number of ketones is 1. The number of rotatable bonds is 10. The van der Waals surface area contributed by atoms with E-state index in [9.17, 15) is 9.90 Å². The fourth-order valence-corrected chi connectivity index (χ4v) is 7.51. The molecule has 4 aromatic carbocycles. The van der Waals surface area contributed by atoms with Gasteiger partial charge in [-0.05, 0) is 48.8 Å². The molecule has 4 nitrogen and oxygen atoms in total. The van der Waals surface area contributed by atoms with Crippen LogP contribution in [0.3, 0.4) is 0 Å². The summed E-state index contributed by atoms with van der Waals surface area (Å²) in [5, 5.41) is 16.3. The number of allylic oxidation sites excluding steroid dienone is 2. The SMILES string of the molecule is CC(C)Cc1cc(-c2ncnc3c2sc2c4ccccc4ccc32)[c-]c2ccccc12.CCC(C)(CC)C(=O)/C=C(\O)C(C)(CC)CC.[Ir]. The van der Waals surface area contributed by atoms with Crippen molar-refractivity contribution in [1.29, 1.82) is 0 Å². The van der Waals surface area contributed by atoms with Crippen LogP contribution >= 0.6 is 11.3 Å². The van der Waals surface area contributed by atoms with Gasteiger partial charge < -0.3 is 5.11 Å². The third-order valence-corrected chi connectivity index (χ3v) is 11.7. The van der Waals surface area contributed by atoms with Crippen LogP contribution in [0.15, 0.2) is 84.9 Å². The zero-order chi connectivity index (χ0) is 34.6. The maximum atomic E-state index is 12.2. The smallest absolute Gasteiger partial charge is 0.164 e. The summed E-state index contributed by atoms with van der Waals surface area (Å²) in [5.41, 5.74) is 3.82. The molecule has 0 aliphatic heterocycles. The Morgan fingerprint density at radius 3 is 2.12 bits per heavy atom. The van der Waals surface area contributed by atoms with Crippen molar-refractivity contribution in [2.45, 2.75) is 87.5 Å². The zero-order valence-corrected chi connectivity index (χ0v) is 33.3. The summed E-state index contributed by atoms with van der Waals surface area (Å²) < 4.78 is 2.41. The van der Waals surface area contributed by atoms with E-state index in [2.05, 4.69) is 91.6 Å². The summed E-state index contributed by atoms with van der Waals surface area (Å²) in [6, 6.07) is 27.4. The Morgan fingerprint density at radius 2 is 1.47 bits per heavy atom. The van der Waals surface area contributed by atoms with Crippen LogP contribution in [0.5, 0.6) is 0 Å². The zero-order valence-electron chi connectivity index (χ0n) is 30.1. The van der Waals surface area contributed by atoms with Gasteiger partial charge in [-0.15, -0.1) is 40.5 Å². The normalized spacial score (nSPS) is 12.4. The van der Waals surface area contributed by atoms with E-state index >= 15 is 0 Å². The number of nitrogens with zero attached hydrogens (tertiary/aromatic N) is 2. The second-order valence-corrected chi connectivity index (χ2v) is 15.0. The van der Waals surface area contributed by atoms with Gasteiger partial charge in [-0.2, -0.15) is 0 Å². The summed E-state index contributed by atoms with van der Waals surface area (Å²) in [6.45, 7) is 16.6.